The van der Waals surface area contributed by atoms with Gasteiger partial charge in [0.05, 0.1) is 0 Å². The Kier molecular flexibility index (Phi) is 3.39. The highest BCUT2D eigenvalue weighted by Crippen LogP contribution is 2.25. The fourth-order valence-corrected chi connectivity index (χ4v) is 2.01. The van der Waals surface area contributed by atoms with Gasteiger partial charge in [0.15, 0.2) is 0 Å². The molecule has 0 atom stereocenters. The van der Waals surface area contributed by atoms with E-state index in [-0.39, 0.29) is 5.69 Å². The van der Waals surface area contributed by atoms with E-state index in [0.29, 0.717) is 0 Å². The summed E-state index contributed by atoms with van der Waals surface area (Å²) in [6.45, 7) is 1.97. The summed E-state index contributed by atoms with van der Waals surface area (Å²) >= 11 is 1.41. The molecule has 0 radical (unpaired) electrons. The van der Waals surface area contributed by atoms with Crippen molar-refractivity contribution in [1.82, 2.24) is 9.97 Å². The van der Waals surface area contributed by atoms with Crippen LogP contribution in [-0.2, 0) is 0 Å². The molecule has 0 aliphatic carbocycles. The van der Waals surface area contributed by atoms with Gasteiger partial charge in [0.1, 0.15) is 10.7 Å². The summed E-state index contributed by atoms with van der Waals surface area (Å²) in [5.41, 5.74) is 1.14. The zero-order chi connectivity index (χ0) is 12.3. The lowest BCUT2D eigenvalue weighted by Crippen LogP contribution is -1.99. The molecule has 2 rings (SSSR count). The van der Waals surface area contributed by atoms with Gasteiger partial charge in [0, 0.05) is 17.3 Å². The molecule has 0 aromatic carbocycles. The minimum atomic E-state index is -1.02. The summed E-state index contributed by atoms with van der Waals surface area (Å²) in [6, 6.07) is 7.17. The van der Waals surface area contributed by atoms with Crippen LogP contribution >= 0.6 is 11.8 Å². The van der Waals surface area contributed by atoms with Crippen LogP contribution < -0.4 is 0 Å². The highest BCUT2D eigenvalue weighted by molar-refractivity contribution is 7.99. The number of nitrogens with zero attached hydrogens (tertiary/aromatic N) is 2. The number of aromatic nitrogens is 2. The van der Waals surface area contributed by atoms with Gasteiger partial charge in [0.2, 0.25) is 0 Å². The second-order valence-corrected chi connectivity index (χ2v) is 4.55. The lowest BCUT2D eigenvalue weighted by molar-refractivity contribution is 0.0690. The Hall–Kier alpha value is -1.88. The van der Waals surface area contributed by atoms with Gasteiger partial charge >= 0.3 is 5.97 Å². The van der Waals surface area contributed by atoms with Crippen molar-refractivity contribution in [3.05, 3.63) is 47.9 Å². The third-order valence-electron chi connectivity index (χ3n) is 2.06. The summed E-state index contributed by atoms with van der Waals surface area (Å²) in [6.07, 6.45) is 3.27. The number of carboxylic acids is 1. The van der Waals surface area contributed by atoms with E-state index < -0.39 is 5.97 Å². The van der Waals surface area contributed by atoms with Crippen molar-refractivity contribution in [2.45, 2.75) is 16.8 Å². The maximum Gasteiger partial charge on any atom is 0.354 e. The maximum absolute atomic E-state index is 10.8. The van der Waals surface area contributed by atoms with Crippen molar-refractivity contribution in [2.75, 3.05) is 0 Å². The molecule has 0 spiro atoms. The molecule has 4 nitrogen and oxygen atoms in total. The van der Waals surface area contributed by atoms with Crippen molar-refractivity contribution in [1.29, 1.82) is 0 Å². The Bertz CT molecular complexity index is 540. The van der Waals surface area contributed by atoms with Crippen LogP contribution in [0.15, 0.2) is 46.6 Å². The highest BCUT2D eigenvalue weighted by Gasteiger charge is 2.06. The van der Waals surface area contributed by atoms with Crippen molar-refractivity contribution >= 4 is 17.7 Å². The summed E-state index contributed by atoms with van der Waals surface area (Å²) in [5, 5.41) is 9.66. The molecule has 5 heteroatoms. The minimum absolute atomic E-state index is 0.0436. The summed E-state index contributed by atoms with van der Waals surface area (Å²) in [5.74, 6) is -1.02. The van der Waals surface area contributed by atoms with Gasteiger partial charge in [-0.25, -0.2) is 14.8 Å². The predicted octanol–water partition coefficient (Wildman–Crippen LogP) is 2.63. The van der Waals surface area contributed by atoms with Crippen LogP contribution in [0.4, 0.5) is 0 Å². The Labute approximate surface area is 103 Å². The van der Waals surface area contributed by atoms with Gasteiger partial charge in [-0.1, -0.05) is 17.8 Å². The standard InChI is InChI=1S/C12H10N2O2S/c1-8-2-3-11(14-7-8)17-9-4-5-13-10(6-9)12(15)16/h2-7H,1H3,(H,15,16). The van der Waals surface area contributed by atoms with Gasteiger partial charge < -0.3 is 5.11 Å². The van der Waals surface area contributed by atoms with Crippen LogP contribution in [0.1, 0.15) is 16.1 Å². The molecule has 2 heterocycles. The fraction of sp³-hybridized carbons (Fsp3) is 0.0833. The quantitative estimate of drug-likeness (QED) is 0.902. The second kappa shape index (κ2) is 4.97. The van der Waals surface area contributed by atoms with E-state index in [2.05, 4.69) is 9.97 Å². The first-order valence-corrected chi connectivity index (χ1v) is 5.76. The fourth-order valence-electron chi connectivity index (χ4n) is 1.23. The zero-order valence-electron chi connectivity index (χ0n) is 9.12. The highest BCUT2D eigenvalue weighted by atomic mass is 32.2. The summed E-state index contributed by atoms with van der Waals surface area (Å²) in [7, 11) is 0. The Morgan fingerprint density at radius 3 is 2.76 bits per heavy atom. The molecular formula is C12H10N2O2S. The molecule has 0 fully saturated rings. The number of aromatic carboxylic acids is 1. The zero-order valence-corrected chi connectivity index (χ0v) is 9.94. The molecule has 0 bridgehead atoms. The van der Waals surface area contributed by atoms with Gasteiger partial charge in [-0.2, -0.15) is 0 Å². The molecule has 0 aliphatic heterocycles. The molecule has 1 N–H and O–H groups in total. The minimum Gasteiger partial charge on any atom is -0.477 e. The second-order valence-electron chi connectivity index (χ2n) is 3.46. The van der Waals surface area contributed by atoms with E-state index >= 15 is 0 Å². The Morgan fingerprint density at radius 1 is 1.29 bits per heavy atom. The van der Waals surface area contributed by atoms with Crippen molar-refractivity contribution in [3.8, 4) is 0 Å². The van der Waals surface area contributed by atoms with Gasteiger partial charge in [0.25, 0.3) is 0 Å². The first-order chi connectivity index (χ1) is 8.15. The van der Waals surface area contributed by atoms with Crippen molar-refractivity contribution in [2.24, 2.45) is 0 Å². The van der Waals surface area contributed by atoms with Crippen LogP contribution in [0.5, 0.6) is 0 Å². The molecule has 0 saturated heterocycles. The largest absolute Gasteiger partial charge is 0.477 e. The molecule has 86 valence electrons. The van der Waals surface area contributed by atoms with Gasteiger partial charge in [-0.05, 0) is 30.7 Å². The van der Waals surface area contributed by atoms with Crippen molar-refractivity contribution < 1.29 is 9.90 Å². The average Bonchev–Trinajstić information content (AvgIpc) is 2.32. The van der Waals surface area contributed by atoms with Crippen LogP contribution in [0.2, 0.25) is 0 Å². The first kappa shape index (κ1) is 11.6. The summed E-state index contributed by atoms with van der Waals surface area (Å²) in [4.78, 5) is 19.6. The number of hydrogen-bond donors (Lipinski definition) is 1. The van der Waals surface area contributed by atoms with Crippen LogP contribution in [0, 0.1) is 6.92 Å². The summed E-state index contributed by atoms with van der Waals surface area (Å²) < 4.78 is 0. The van der Waals surface area contributed by atoms with Gasteiger partial charge in [-0.3, -0.25) is 0 Å². The Morgan fingerprint density at radius 2 is 2.12 bits per heavy atom. The van der Waals surface area contributed by atoms with E-state index in [1.807, 2.05) is 19.1 Å². The molecule has 0 unspecified atom stereocenters. The van der Waals surface area contributed by atoms with Crippen LogP contribution in [0.25, 0.3) is 0 Å². The van der Waals surface area contributed by atoms with Crippen LogP contribution in [0.3, 0.4) is 0 Å². The number of hydrogen-bond acceptors (Lipinski definition) is 4. The SMILES string of the molecule is Cc1ccc(Sc2ccnc(C(=O)O)c2)nc1. The van der Waals surface area contributed by atoms with E-state index in [4.69, 9.17) is 5.11 Å². The lowest BCUT2D eigenvalue weighted by atomic mass is 10.3. The van der Waals surface area contributed by atoms with E-state index in [1.165, 1.54) is 24.0 Å². The maximum atomic E-state index is 10.8. The predicted molar refractivity (Wildman–Crippen MR) is 64.3 cm³/mol. The lowest BCUT2D eigenvalue weighted by Gasteiger charge is -2.01. The Balaban J connectivity index is 2.21. The van der Waals surface area contributed by atoms with E-state index in [1.54, 1.807) is 12.3 Å². The third-order valence-corrected chi connectivity index (χ3v) is 3.00. The number of rotatable bonds is 3. The number of pyridine rings is 2. The topological polar surface area (TPSA) is 63.1 Å². The smallest absolute Gasteiger partial charge is 0.354 e. The molecule has 2 aromatic heterocycles. The first-order valence-electron chi connectivity index (χ1n) is 4.95. The molecule has 0 saturated carbocycles. The number of carboxylic acid groups (broad SMARTS) is 1. The third kappa shape index (κ3) is 3.04. The number of aryl methyl sites for hydroxylation is 1. The van der Waals surface area contributed by atoms with E-state index in [9.17, 15) is 4.79 Å². The van der Waals surface area contributed by atoms with E-state index in [0.717, 1.165) is 15.5 Å². The monoisotopic (exact) mass is 246 g/mol. The molecule has 2 aromatic rings. The van der Waals surface area contributed by atoms with Crippen molar-refractivity contribution in [3.63, 3.8) is 0 Å². The van der Waals surface area contributed by atoms with Crippen LogP contribution in [-0.4, -0.2) is 21.0 Å². The molecule has 17 heavy (non-hydrogen) atoms. The molecule has 0 aliphatic rings. The molecular weight excluding hydrogens is 236 g/mol. The normalized spacial score (nSPS) is 10.2. The molecule has 0 amide bonds. The number of carbonyl (C=O) groups is 1. The van der Waals surface area contributed by atoms with Gasteiger partial charge in [-0.15, -0.1) is 0 Å². The average molecular weight is 246 g/mol.